The molecule has 9 heteroatoms. The average molecular weight is 528 g/mol. The predicted molar refractivity (Wildman–Crippen MR) is 142 cm³/mol. The third-order valence-corrected chi connectivity index (χ3v) is 10.1. The Morgan fingerprint density at radius 1 is 1.06 bits per heavy atom. The molecular weight excluding hydrogens is 498 g/mol. The van der Waals surface area contributed by atoms with Crippen molar-refractivity contribution in [3.63, 3.8) is 0 Å². The number of amides is 3. The van der Waals surface area contributed by atoms with Gasteiger partial charge in [-0.1, -0.05) is 36.7 Å². The van der Waals surface area contributed by atoms with Crippen LogP contribution in [0, 0.1) is 17.8 Å². The van der Waals surface area contributed by atoms with Crippen LogP contribution in [0.4, 0.5) is 11.4 Å². The van der Waals surface area contributed by atoms with E-state index in [-0.39, 0.29) is 35.5 Å². The lowest BCUT2D eigenvalue weighted by Gasteiger charge is -2.38. The predicted octanol–water partition coefficient (Wildman–Crippen LogP) is 4.03. The molecule has 1 spiro atoms. The Bertz CT molecular complexity index is 1150. The molecule has 0 saturated carbocycles. The molecule has 2 bridgehead atoms. The van der Waals surface area contributed by atoms with E-state index in [1.54, 1.807) is 40.9 Å². The minimum atomic E-state index is -0.705. The van der Waals surface area contributed by atoms with Gasteiger partial charge in [0.2, 0.25) is 17.7 Å². The fraction of sp³-hybridized carbons (Fsp3) is 0.444. The molecule has 0 radical (unpaired) electrons. The number of para-hydroxylation sites is 1. The first-order valence-electron chi connectivity index (χ1n) is 12.4. The summed E-state index contributed by atoms with van der Waals surface area (Å²) < 4.78 is -0.684. The third-order valence-electron chi connectivity index (χ3n) is 7.76. The smallest absolute Gasteiger partial charge is 0.248 e. The maximum Gasteiger partial charge on any atom is 0.248 e. The maximum atomic E-state index is 14.0. The number of nitrogens with one attached hydrogen (secondary N) is 2. The van der Waals surface area contributed by atoms with Gasteiger partial charge in [0.1, 0.15) is 6.04 Å². The lowest BCUT2D eigenvalue weighted by molar-refractivity contribution is -0.138. The molecule has 3 aliphatic heterocycles. The van der Waals surface area contributed by atoms with Crippen LogP contribution in [0.15, 0.2) is 54.6 Å². The highest BCUT2D eigenvalue weighted by Gasteiger charge is 2.75. The van der Waals surface area contributed by atoms with Gasteiger partial charge < -0.3 is 20.6 Å². The zero-order valence-corrected chi connectivity index (χ0v) is 21.6. The number of halogens is 1. The van der Waals surface area contributed by atoms with E-state index >= 15 is 0 Å². The minimum absolute atomic E-state index is 0.0214. The van der Waals surface area contributed by atoms with Crippen LogP contribution in [-0.2, 0) is 14.4 Å². The van der Waals surface area contributed by atoms with Crippen molar-refractivity contribution in [3.8, 4) is 0 Å². The number of aliphatic hydroxyl groups is 1. The first kappa shape index (κ1) is 25.1. The molecule has 3 N–H and O–H groups in total. The van der Waals surface area contributed by atoms with Crippen LogP contribution in [0.1, 0.15) is 26.2 Å². The Kier molecular flexibility index (Phi) is 7.03. The van der Waals surface area contributed by atoms with E-state index in [9.17, 15) is 19.5 Å². The molecule has 3 aliphatic rings. The van der Waals surface area contributed by atoms with Crippen molar-refractivity contribution in [2.45, 2.75) is 42.2 Å². The van der Waals surface area contributed by atoms with Crippen molar-refractivity contribution < 1.29 is 19.5 Å². The summed E-state index contributed by atoms with van der Waals surface area (Å²) in [7, 11) is 0. The Labute approximate surface area is 220 Å². The first-order valence-corrected chi connectivity index (χ1v) is 13.6. The van der Waals surface area contributed by atoms with Crippen LogP contribution >= 0.6 is 23.4 Å². The van der Waals surface area contributed by atoms with E-state index in [4.69, 9.17) is 11.6 Å². The Balaban J connectivity index is 1.48. The zero-order valence-electron chi connectivity index (χ0n) is 20.0. The normalized spacial score (nSPS) is 30.4. The summed E-state index contributed by atoms with van der Waals surface area (Å²) in [5, 5.41) is 15.8. The Morgan fingerprint density at radius 2 is 1.72 bits per heavy atom. The number of carbonyl (C=O) groups is 3. The molecule has 3 amide bonds. The van der Waals surface area contributed by atoms with Gasteiger partial charge in [0.15, 0.2) is 0 Å². The van der Waals surface area contributed by atoms with E-state index in [0.717, 1.165) is 6.42 Å². The number of anilines is 2. The second-order valence-electron chi connectivity index (χ2n) is 9.87. The standard InChI is InChI=1S/C27H30ClN3O4S/c1-16-15-20-21(24(33)29-18-7-3-2-4-8-18)22-26(35)31(13-5-6-14-32)23(27(16,22)36-20)25(34)30-19-11-9-17(28)10-12-19/h2-4,7-12,16,20-23,32H,5-6,13-15H2,1H3,(H,29,33)(H,30,34)/t16?,20-,21+,22+,23?,27?/m1/s1. The van der Waals surface area contributed by atoms with Crippen LogP contribution in [0.25, 0.3) is 0 Å². The van der Waals surface area contributed by atoms with Gasteiger partial charge in [-0.3, -0.25) is 14.4 Å². The van der Waals surface area contributed by atoms with Crippen molar-refractivity contribution in [1.82, 2.24) is 4.90 Å². The summed E-state index contributed by atoms with van der Waals surface area (Å²) in [6, 6.07) is 15.4. The van der Waals surface area contributed by atoms with Crippen LogP contribution in [0.5, 0.6) is 0 Å². The molecule has 190 valence electrons. The third kappa shape index (κ3) is 4.19. The number of aliphatic hydroxyl groups excluding tert-OH is 1. The molecule has 0 aliphatic carbocycles. The molecule has 2 aromatic rings. The number of unbranched alkanes of at least 4 members (excludes halogenated alkanes) is 1. The van der Waals surface area contributed by atoms with Crippen molar-refractivity contribution in [2.24, 2.45) is 17.8 Å². The molecule has 3 fully saturated rings. The van der Waals surface area contributed by atoms with Gasteiger partial charge >= 0.3 is 0 Å². The van der Waals surface area contributed by atoms with Gasteiger partial charge in [0.25, 0.3) is 0 Å². The Hall–Kier alpha value is -2.55. The van der Waals surface area contributed by atoms with Crippen LogP contribution in [0.3, 0.4) is 0 Å². The minimum Gasteiger partial charge on any atom is -0.396 e. The van der Waals surface area contributed by atoms with E-state index in [1.807, 2.05) is 30.3 Å². The molecule has 3 heterocycles. The molecule has 7 nitrogen and oxygen atoms in total. The van der Waals surface area contributed by atoms with Gasteiger partial charge in [-0.25, -0.2) is 0 Å². The van der Waals surface area contributed by atoms with E-state index in [2.05, 4.69) is 17.6 Å². The molecule has 36 heavy (non-hydrogen) atoms. The van der Waals surface area contributed by atoms with Gasteiger partial charge in [0, 0.05) is 34.8 Å². The summed E-state index contributed by atoms with van der Waals surface area (Å²) in [6.45, 7) is 2.48. The highest BCUT2D eigenvalue weighted by Crippen LogP contribution is 2.68. The van der Waals surface area contributed by atoms with Crippen LogP contribution < -0.4 is 10.6 Å². The molecule has 2 aromatic carbocycles. The largest absolute Gasteiger partial charge is 0.396 e. The molecule has 3 saturated heterocycles. The summed E-state index contributed by atoms with van der Waals surface area (Å²) in [5.74, 6) is -1.55. The van der Waals surface area contributed by atoms with Gasteiger partial charge in [-0.15, -0.1) is 11.8 Å². The summed E-state index contributed by atoms with van der Waals surface area (Å²) in [6.07, 6.45) is 1.89. The number of fused-ring (bicyclic) bond motifs is 1. The number of nitrogens with zero attached hydrogens (tertiary/aromatic N) is 1. The fourth-order valence-electron chi connectivity index (χ4n) is 6.25. The summed E-state index contributed by atoms with van der Waals surface area (Å²) >= 11 is 7.65. The van der Waals surface area contributed by atoms with Crippen molar-refractivity contribution >= 4 is 52.5 Å². The van der Waals surface area contributed by atoms with Crippen molar-refractivity contribution in [3.05, 3.63) is 59.6 Å². The summed E-state index contributed by atoms with van der Waals surface area (Å²) in [5.41, 5.74) is 1.30. The lowest BCUT2D eigenvalue weighted by Crippen LogP contribution is -2.54. The van der Waals surface area contributed by atoms with Gasteiger partial charge in [0.05, 0.1) is 16.6 Å². The van der Waals surface area contributed by atoms with Crippen LogP contribution in [-0.4, -0.2) is 56.9 Å². The number of thioether (sulfide) groups is 1. The van der Waals surface area contributed by atoms with E-state index in [0.29, 0.717) is 35.8 Å². The van der Waals surface area contributed by atoms with Crippen molar-refractivity contribution in [1.29, 1.82) is 0 Å². The highest BCUT2D eigenvalue weighted by molar-refractivity contribution is 8.02. The Morgan fingerprint density at radius 3 is 2.42 bits per heavy atom. The quantitative estimate of drug-likeness (QED) is 0.450. The van der Waals surface area contributed by atoms with Gasteiger partial charge in [-0.05, 0) is 61.6 Å². The first-order chi connectivity index (χ1) is 17.4. The molecule has 5 rings (SSSR count). The highest BCUT2D eigenvalue weighted by atomic mass is 35.5. The second-order valence-corrected chi connectivity index (χ2v) is 11.9. The second kappa shape index (κ2) is 10.1. The topological polar surface area (TPSA) is 98.7 Å². The number of rotatable bonds is 8. The molecule has 0 aromatic heterocycles. The molecular formula is C27H30ClN3O4S. The molecule has 3 unspecified atom stereocenters. The van der Waals surface area contributed by atoms with Gasteiger partial charge in [-0.2, -0.15) is 0 Å². The maximum absolute atomic E-state index is 14.0. The monoisotopic (exact) mass is 527 g/mol. The number of carbonyl (C=O) groups excluding carboxylic acids is 3. The summed E-state index contributed by atoms with van der Waals surface area (Å²) in [4.78, 5) is 43.0. The van der Waals surface area contributed by atoms with E-state index in [1.165, 1.54) is 0 Å². The van der Waals surface area contributed by atoms with E-state index < -0.39 is 22.6 Å². The number of hydrogen-bond acceptors (Lipinski definition) is 5. The SMILES string of the molecule is CC1C[C@H]2SC13C(C(=O)Nc1ccc(Cl)cc1)N(CCCCO)C(=O)[C@@H]3[C@H]2C(=O)Nc1ccccc1. The van der Waals surface area contributed by atoms with Crippen molar-refractivity contribution in [2.75, 3.05) is 23.8 Å². The number of benzene rings is 2. The zero-order chi connectivity index (χ0) is 25.4. The average Bonchev–Trinajstić information content (AvgIpc) is 3.45. The molecule has 6 atom stereocenters. The number of hydrogen-bond donors (Lipinski definition) is 3. The lowest BCUT2D eigenvalue weighted by atomic mass is 9.66. The van der Waals surface area contributed by atoms with Crippen LogP contribution in [0.2, 0.25) is 5.02 Å². The number of likely N-dealkylation sites (tertiary alicyclic amines) is 1. The fourth-order valence-corrected chi connectivity index (χ4v) is 8.79.